The van der Waals surface area contributed by atoms with Crippen molar-refractivity contribution >= 4 is 41.6 Å². The minimum atomic E-state index is -5.82. The van der Waals surface area contributed by atoms with E-state index < -0.39 is 191 Å². The van der Waals surface area contributed by atoms with Gasteiger partial charge in [0.15, 0.2) is 37.4 Å². The van der Waals surface area contributed by atoms with Crippen molar-refractivity contribution in [3.8, 4) is 0 Å². The van der Waals surface area contributed by atoms with Crippen molar-refractivity contribution in [2.75, 3.05) is 26.4 Å². The summed E-state index contributed by atoms with van der Waals surface area (Å²) in [6, 6.07) is 0. The van der Waals surface area contributed by atoms with Crippen molar-refractivity contribution in [1.29, 1.82) is 0 Å². The molecule has 20 atom stereocenters. The van der Waals surface area contributed by atoms with Crippen molar-refractivity contribution in [2.45, 2.75) is 123 Å². The summed E-state index contributed by atoms with van der Waals surface area (Å²) >= 11 is 0. The normalized spacial score (nSPS) is 45.7. The third-order valence-corrected chi connectivity index (χ3v) is 11.3. The van der Waals surface area contributed by atoms with Gasteiger partial charge < -0.3 is 91.5 Å². The van der Waals surface area contributed by atoms with Crippen LogP contribution in [-0.4, -0.2) is 232 Å². The third-order valence-electron chi connectivity index (χ3n) is 9.51. The average Bonchev–Trinajstić information content (AvgIpc) is 3.57. The zero-order chi connectivity index (χ0) is 43.6. The Morgan fingerprint density at radius 3 is 1.37 bits per heavy atom. The van der Waals surface area contributed by atoms with Gasteiger partial charge in [0.1, 0.15) is 85.5 Å². The predicted molar refractivity (Wildman–Crippen MR) is 161 cm³/mol. The highest BCUT2D eigenvalue weighted by molar-refractivity contribution is 7.81. The molecule has 31 nitrogen and oxygen atoms in total. The van der Waals surface area contributed by atoms with Crippen molar-refractivity contribution in [1.82, 2.24) is 0 Å². The first kappa shape index (κ1) is 47.4. The minimum Gasteiger partial charge on any atom is -0.726 e. The highest BCUT2D eigenvalue weighted by Crippen LogP contribution is 2.41. The van der Waals surface area contributed by atoms with Crippen LogP contribution in [0.1, 0.15) is 0 Å². The summed E-state index contributed by atoms with van der Waals surface area (Å²) in [5.41, 5.74) is 0. The standard InChI is InChI=1S/C24H38O31S4/c25-1-5-12(52-56(31,32)33)9(27)10(28)22(46-5)49-14-8-4-44-18(14)20(55-59(40,41)42)24(48-8)51-16-11(29)23(47-6(2-26)15(16)53-57(34,35)36)50-13-7-3-43-17(13)19(21(30)45-7)54-58(37,38)39/h5-30H,1-4H2,(H,31,32,33)(H,34,35,36)(H,37,38,39)(H,40,41,42)/p-4/t5-,6-,7-,8-,9-,10-,11-,12+,13+,14+,15+,16-,17+,18+,19-,20-,21+,22+,23+,24-/m1/s1. The molecule has 6 fully saturated rings. The summed E-state index contributed by atoms with van der Waals surface area (Å²) < 4.78 is 206. The molecule has 59 heavy (non-hydrogen) atoms. The first-order chi connectivity index (χ1) is 27.3. The van der Waals surface area contributed by atoms with Crippen LogP contribution in [0.15, 0.2) is 0 Å². The van der Waals surface area contributed by atoms with Crippen molar-refractivity contribution in [2.24, 2.45) is 0 Å². The number of ether oxygens (including phenoxy) is 9. The van der Waals surface area contributed by atoms with E-state index >= 15 is 0 Å². The average molecular weight is 947 g/mol. The van der Waals surface area contributed by atoms with Crippen LogP contribution < -0.4 is 0 Å². The first-order valence-corrected chi connectivity index (χ1v) is 21.9. The van der Waals surface area contributed by atoms with Gasteiger partial charge in [-0.1, -0.05) is 0 Å². The number of aliphatic hydroxyl groups excluding tert-OH is 6. The highest BCUT2D eigenvalue weighted by Gasteiger charge is 2.61. The Morgan fingerprint density at radius 1 is 0.458 bits per heavy atom. The molecule has 6 aliphatic heterocycles. The molecule has 0 unspecified atom stereocenters. The number of hydrogen-bond acceptors (Lipinski definition) is 31. The second kappa shape index (κ2) is 17.8. The van der Waals surface area contributed by atoms with Crippen LogP contribution >= 0.6 is 0 Å². The van der Waals surface area contributed by atoms with Crippen molar-refractivity contribution in [3.05, 3.63) is 0 Å². The lowest BCUT2D eigenvalue weighted by atomic mass is 9.96. The fourth-order valence-corrected chi connectivity index (χ4v) is 9.16. The van der Waals surface area contributed by atoms with Gasteiger partial charge in [-0.3, -0.25) is 16.7 Å². The third kappa shape index (κ3) is 11.0. The van der Waals surface area contributed by atoms with Crippen LogP contribution in [0.4, 0.5) is 0 Å². The van der Waals surface area contributed by atoms with Gasteiger partial charge in [-0.15, -0.1) is 0 Å². The van der Waals surface area contributed by atoms with E-state index in [1.165, 1.54) is 0 Å². The fraction of sp³-hybridized carbons (Fsp3) is 1.00. The molecule has 6 saturated heterocycles. The smallest absolute Gasteiger partial charge is 0.218 e. The minimum absolute atomic E-state index is 0.443. The summed E-state index contributed by atoms with van der Waals surface area (Å²) in [4.78, 5) is 0. The fourth-order valence-electron chi connectivity index (χ4n) is 7.19. The van der Waals surface area contributed by atoms with E-state index in [2.05, 4.69) is 16.7 Å². The van der Waals surface area contributed by atoms with E-state index in [1.807, 2.05) is 0 Å². The molecule has 35 heteroatoms. The second-order valence-corrected chi connectivity index (χ2v) is 17.3. The maximum atomic E-state index is 12.0. The molecule has 0 spiro atoms. The largest absolute Gasteiger partial charge is 0.726 e. The molecule has 0 aromatic rings. The van der Waals surface area contributed by atoms with Crippen LogP contribution in [0, 0.1) is 0 Å². The van der Waals surface area contributed by atoms with Gasteiger partial charge in [0.2, 0.25) is 41.6 Å². The zero-order valence-electron chi connectivity index (χ0n) is 28.9. The zero-order valence-corrected chi connectivity index (χ0v) is 32.2. The highest BCUT2D eigenvalue weighted by atomic mass is 32.3. The Labute approximate surface area is 332 Å². The summed E-state index contributed by atoms with van der Waals surface area (Å²) in [5.74, 6) is 0. The predicted octanol–water partition coefficient (Wildman–Crippen LogP) is -9.72. The number of hydrogen-bond donors (Lipinski definition) is 6. The maximum absolute atomic E-state index is 12.0. The number of fused-ring (bicyclic) bond motifs is 4. The molecule has 0 radical (unpaired) electrons. The van der Waals surface area contributed by atoms with Gasteiger partial charge in [-0.2, -0.15) is 0 Å². The molecule has 0 saturated carbocycles. The Balaban J connectivity index is 1.26. The molecular weight excluding hydrogens is 913 g/mol. The molecule has 0 amide bonds. The molecule has 6 N–H and O–H groups in total. The molecule has 344 valence electrons. The van der Waals surface area contributed by atoms with Crippen LogP contribution in [0.2, 0.25) is 0 Å². The lowest BCUT2D eigenvalue weighted by molar-refractivity contribution is -0.367. The van der Waals surface area contributed by atoms with Gasteiger partial charge in [0, 0.05) is 0 Å². The maximum Gasteiger partial charge on any atom is 0.218 e. The Hall–Kier alpha value is -1.12. The molecule has 0 aromatic heterocycles. The summed E-state index contributed by atoms with van der Waals surface area (Å²) in [7, 11) is -22.7. The van der Waals surface area contributed by atoms with Crippen molar-refractivity contribution < 1.29 is 142 Å². The van der Waals surface area contributed by atoms with Crippen LogP contribution in [0.3, 0.4) is 0 Å². The van der Waals surface area contributed by atoms with Gasteiger partial charge >= 0.3 is 0 Å². The topological polar surface area (TPSA) is 470 Å². The van der Waals surface area contributed by atoms with Gasteiger partial charge in [-0.25, -0.2) is 33.7 Å². The van der Waals surface area contributed by atoms with E-state index in [0.717, 1.165) is 0 Å². The lowest BCUT2D eigenvalue weighted by Crippen LogP contribution is -2.66. The second-order valence-electron chi connectivity index (χ2n) is 13.3. The molecule has 6 aliphatic rings. The van der Waals surface area contributed by atoms with E-state index in [9.17, 15) is 82.5 Å². The van der Waals surface area contributed by atoms with E-state index in [-0.39, 0.29) is 0 Å². The number of aliphatic hydroxyl groups is 6. The first-order valence-electron chi connectivity index (χ1n) is 16.6. The van der Waals surface area contributed by atoms with Crippen LogP contribution in [-0.2, 0) is 101 Å². The van der Waals surface area contributed by atoms with E-state index in [4.69, 9.17) is 42.6 Å². The van der Waals surface area contributed by atoms with Crippen molar-refractivity contribution in [3.63, 3.8) is 0 Å². The van der Waals surface area contributed by atoms with E-state index in [1.54, 1.807) is 0 Å². The van der Waals surface area contributed by atoms with Gasteiger partial charge in [0.25, 0.3) is 0 Å². The number of rotatable bonds is 16. The lowest BCUT2D eigenvalue weighted by Gasteiger charge is -2.48. The summed E-state index contributed by atoms with van der Waals surface area (Å²) in [6.45, 7) is -3.43. The van der Waals surface area contributed by atoms with Gasteiger partial charge in [0.05, 0.1) is 26.4 Å². The Bertz CT molecular complexity index is 1910. The molecule has 6 rings (SSSR count). The Morgan fingerprint density at radius 2 is 0.864 bits per heavy atom. The molecule has 4 bridgehead atoms. The van der Waals surface area contributed by atoms with E-state index in [0.29, 0.717) is 0 Å². The SMILES string of the molecule is O=S(=O)([O-])O[C@@H]1[C@H]2OC[C@@H](O[C@@H]1O)[C@@H]2O[C@@H]1O[C@H](CO)[C@H](OS(=O)(=O)[O-])[C@H](O[C@H]2O[C@@H]3CO[C@@H]([C@H]3O[C@@H]3O[C@H](CO)[C@H](OS(=O)(=O)[O-])[C@H](O)[C@H]3O)[C@H]2OS(=O)(=O)[O-])[C@H]1O. The Kier molecular flexibility index (Phi) is 14.3. The van der Waals surface area contributed by atoms with Gasteiger partial charge in [-0.05, 0) is 0 Å². The molecule has 6 heterocycles. The van der Waals surface area contributed by atoms with Crippen LogP contribution in [0.25, 0.3) is 0 Å². The molecule has 0 aromatic carbocycles. The quantitative estimate of drug-likeness (QED) is 0.0618. The molecule has 0 aliphatic carbocycles. The molecular formula is C24H34O31S4-4. The summed E-state index contributed by atoms with van der Waals surface area (Å²) in [6.07, 6.45) is -40.4. The monoisotopic (exact) mass is 946 g/mol. The summed E-state index contributed by atoms with van der Waals surface area (Å²) in [5, 5.41) is 62.6. The van der Waals surface area contributed by atoms with Crippen LogP contribution in [0.5, 0.6) is 0 Å².